The van der Waals surface area contributed by atoms with Gasteiger partial charge in [0.05, 0.1) is 0 Å². The summed E-state index contributed by atoms with van der Waals surface area (Å²) in [4.78, 5) is 11.4. The van der Waals surface area contributed by atoms with Crippen LogP contribution in [-0.4, -0.2) is 44.9 Å². The third-order valence-corrected chi connectivity index (χ3v) is 3.67. The van der Waals surface area contributed by atoms with Crippen LogP contribution in [0.3, 0.4) is 0 Å². The number of nitrogens with zero attached hydrogens (tertiary/aromatic N) is 2. The molecule has 2 N–H and O–H groups in total. The van der Waals surface area contributed by atoms with Gasteiger partial charge in [0.25, 0.3) is 5.91 Å². The Morgan fingerprint density at radius 1 is 1.44 bits per heavy atom. The van der Waals surface area contributed by atoms with Gasteiger partial charge in [-0.05, 0) is 26.0 Å². The summed E-state index contributed by atoms with van der Waals surface area (Å²) in [5.41, 5.74) is 0.287. The summed E-state index contributed by atoms with van der Waals surface area (Å²) in [6, 6.07) is 3.29. The molecule has 0 bridgehead atoms. The van der Waals surface area contributed by atoms with Gasteiger partial charge in [0.15, 0.2) is 5.69 Å². The fraction of sp³-hybridized carbons (Fsp3) is 0.545. The summed E-state index contributed by atoms with van der Waals surface area (Å²) in [6.07, 6.45) is 1.66. The van der Waals surface area contributed by atoms with Gasteiger partial charge in [-0.2, -0.15) is 0 Å². The Hall–Kier alpha value is -1.50. The van der Waals surface area contributed by atoms with Crippen LogP contribution >= 0.6 is 0 Å². The number of anilines is 1. The Balaban J connectivity index is 2.55. The van der Waals surface area contributed by atoms with Crippen LogP contribution in [0.25, 0.3) is 0 Å². The minimum absolute atomic E-state index is 0.0369. The molecule has 1 heterocycles. The molecule has 1 amide bonds. The second kappa shape index (κ2) is 7.05. The van der Waals surface area contributed by atoms with Crippen molar-refractivity contribution in [3.63, 3.8) is 0 Å². The highest BCUT2D eigenvalue weighted by Crippen LogP contribution is 2.03. The zero-order valence-electron chi connectivity index (χ0n) is 10.8. The van der Waals surface area contributed by atoms with Crippen LogP contribution in [0.5, 0.6) is 0 Å². The summed E-state index contributed by atoms with van der Waals surface area (Å²) in [5, 5.41) is 13.4. The van der Waals surface area contributed by atoms with E-state index in [1.54, 1.807) is 18.4 Å². The van der Waals surface area contributed by atoms with E-state index in [0.29, 0.717) is 18.9 Å². The van der Waals surface area contributed by atoms with Gasteiger partial charge in [0.2, 0.25) is 0 Å². The fourth-order valence-corrected chi connectivity index (χ4v) is 1.48. The first-order valence-electron chi connectivity index (χ1n) is 5.72. The van der Waals surface area contributed by atoms with Gasteiger partial charge < -0.3 is 10.6 Å². The largest absolute Gasteiger partial charge is 0.367 e. The van der Waals surface area contributed by atoms with E-state index in [2.05, 4.69) is 20.8 Å². The van der Waals surface area contributed by atoms with Crippen LogP contribution in [-0.2, 0) is 10.8 Å². The Kier molecular flexibility index (Phi) is 5.70. The second-order valence-electron chi connectivity index (χ2n) is 3.85. The average Bonchev–Trinajstić information content (AvgIpc) is 2.36. The van der Waals surface area contributed by atoms with Crippen molar-refractivity contribution in [1.82, 2.24) is 15.5 Å². The predicted molar refractivity (Wildman–Crippen MR) is 72.1 cm³/mol. The lowest BCUT2D eigenvalue weighted by atomic mass is 10.3. The smallest absolute Gasteiger partial charge is 0.271 e. The van der Waals surface area contributed by atoms with Crippen LogP contribution in [0.1, 0.15) is 24.3 Å². The van der Waals surface area contributed by atoms with Crippen LogP contribution in [0.15, 0.2) is 12.1 Å². The molecule has 0 fully saturated rings. The molecule has 0 aliphatic rings. The number of aromatic nitrogens is 2. The molecule has 0 saturated heterocycles. The lowest BCUT2D eigenvalue weighted by Gasteiger charge is -2.10. The summed E-state index contributed by atoms with van der Waals surface area (Å²) in [5.74, 6) is 0.333. The van der Waals surface area contributed by atoms with Crippen molar-refractivity contribution in [1.29, 1.82) is 0 Å². The predicted octanol–water partition coefficient (Wildman–Crippen LogP) is 0.405. The van der Waals surface area contributed by atoms with Crippen molar-refractivity contribution in [2.45, 2.75) is 19.1 Å². The van der Waals surface area contributed by atoms with Crippen molar-refractivity contribution in [3.8, 4) is 0 Å². The van der Waals surface area contributed by atoms with E-state index < -0.39 is 10.8 Å². The maximum absolute atomic E-state index is 11.4. The summed E-state index contributed by atoms with van der Waals surface area (Å²) in [7, 11) is -0.873. The number of hydrogen-bond donors (Lipinski definition) is 2. The number of nitrogens with one attached hydrogen (secondary N) is 2. The zero-order chi connectivity index (χ0) is 13.5. The van der Waals surface area contributed by atoms with Crippen molar-refractivity contribution in [2.24, 2.45) is 0 Å². The van der Waals surface area contributed by atoms with E-state index in [1.165, 1.54) is 0 Å². The number of carbonyl (C=O) groups is 1. The SMILES string of the molecule is CCNC(=O)c1ccc(NCC(C)S(C)=O)nn1. The molecule has 0 spiro atoms. The fourth-order valence-electron chi connectivity index (χ4n) is 1.16. The maximum atomic E-state index is 11.4. The molecule has 7 heteroatoms. The Morgan fingerprint density at radius 3 is 2.67 bits per heavy atom. The highest BCUT2D eigenvalue weighted by Gasteiger charge is 2.08. The molecule has 2 unspecified atom stereocenters. The molecule has 0 aliphatic heterocycles. The van der Waals surface area contributed by atoms with E-state index in [-0.39, 0.29) is 16.9 Å². The summed E-state index contributed by atoms with van der Waals surface area (Å²) in [6.45, 7) is 4.84. The molecule has 2 atom stereocenters. The molecule has 1 aromatic rings. The lowest BCUT2D eigenvalue weighted by Crippen LogP contribution is -2.24. The first-order valence-corrected chi connectivity index (χ1v) is 7.34. The monoisotopic (exact) mass is 270 g/mol. The van der Waals surface area contributed by atoms with Gasteiger partial charge in [0.1, 0.15) is 5.82 Å². The molecule has 100 valence electrons. The third-order valence-electron chi connectivity index (χ3n) is 2.37. The number of amides is 1. The van der Waals surface area contributed by atoms with E-state index in [0.717, 1.165) is 0 Å². The molecular formula is C11H18N4O2S. The van der Waals surface area contributed by atoms with Crippen LogP contribution < -0.4 is 10.6 Å². The molecule has 1 aromatic heterocycles. The molecule has 1 rings (SSSR count). The van der Waals surface area contributed by atoms with E-state index in [9.17, 15) is 9.00 Å². The topological polar surface area (TPSA) is 84.0 Å². The van der Waals surface area contributed by atoms with Gasteiger partial charge in [0, 0.05) is 35.4 Å². The van der Waals surface area contributed by atoms with Crippen LogP contribution in [0, 0.1) is 0 Å². The highest BCUT2D eigenvalue weighted by atomic mass is 32.2. The first kappa shape index (κ1) is 14.6. The Morgan fingerprint density at radius 2 is 2.17 bits per heavy atom. The third kappa shape index (κ3) is 4.40. The van der Waals surface area contributed by atoms with Gasteiger partial charge in [-0.3, -0.25) is 9.00 Å². The second-order valence-corrected chi connectivity index (χ2v) is 5.66. The van der Waals surface area contributed by atoms with Crippen LogP contribution in [0.2, 0.25) is 0 Å². The molecule has 0 aliphatic carbocycles. The zero-order valence-corrected chi connectivity index (χ0v) is 11.6. The molecular weight excluding hydrogens is 252 g/mol. The minimum Gasteiger partial charge on any atom is -0.367 e. The summed E-state index contributed by atoms with van der Waals surface area (Å²) < 4.78 is 11.2. The number of rotatable bonds is 6. The normalized spacial score (nSPS) is 13.7. The van der Waals surface area contributed by atoms with E-state index in [4.69, 9.17) is 0 Å². The molecule has 0 radical (unpaired) electrons. The maximum Gasteiger partial charge on any atom is 0.271 e. The van der Waals surface area contributed by atoms with Gasteiger partial charge in [-0.25, -0.2) is 0 Å². The van der Waals surface area contributed by atoms with Crippen molar-refractivity contribution in [3.05, 3.63) is 17.8 Å². The summed E-state index contributed by atoms with van der Waals surface area (Å²) >= 11 is 0. The molecule has 0 aromatic carbocycles. The van der Waals surface area contributed by atoms with Gasteiger partial charge in [-0.1, -0.05) is 0 Å². The van der Waals surface area contributed by atoms with Crippen molar-refractivity contribution in [2.75, 3.05) is 24.7 Å². The minimum atomic E-state index is -0.873. The standard InChI is InChI=1S/C11H18N4O2S/c1-4-12-11(16)9-5-6-10(15-14-9)13-7-8(2)18(3)17/h5-6,8H,4,7H2,1-3H3,(H,12,16)(H,13,15). The first-order chi connectivity index (χ1) is 8.54. The molecule has 18 heavy (non-hydrogen) atoms. The van der Waals surface area contributed by atoms with E-state index >= 15 is 0 Å². The highest BCUT2D eigenvalue weighted by molar-refractivity contribution is 7.84. The quantitative estimate of drug-likeness (QED) is 0.782. The lowest BCUT2D eigenvalue weighted by molar-refractivity contribution is 0.0950. The molecule has 0 saturated carbocycles. The van der Waals surface area contributed by atoms with Crippen molar-refractivity contribution >= 4 is 22.5 Å². The van der Waals surface area contributed by atoms with Gasteiger partial charge in [-0.15, -0.1) is 10.2 Å². The number of carbonyl (C=O) groups excluding carboxylic acids is 1. The Bertz CT molecular complexity index is 422. The van der Waals surface area contributed by atoms with E-state index in [1.807, 2.05) is 13.8 Å². The Labute approximate surface area is 109 Å². The average molecular weight is 270 g/mol. The van der Waals surface area contributed by atoms with Crippen molar-refractivity contribution < 1.29 is 9.00 Å². The van der Waals surface area contributed by atoms with Gasteiger partial charge >= 0.3 is 0 Å². The molecule has 6 nitrogen and oxygen atoms in total. The number of hydrogen-bond acceptors (Lipinski definition) is 5. The van der Waals surface area contributed by atoms with Crippen LogP contribution in [0.4, 0.5) is 5.82 Å².